The molecule has 0 spiro atoms. The van der Waals surface area contributed by atoms with Gasteiger partial charge in [0.25, 0.3) is 5.91 Å². The van der Waals surface area contributed by atoms with Gasteiger partial charge in [-0.1, -0.05) is 0 Å². The number of hydrogen-bond acceptors (Lipinski definition) is 5. The Balaban J connectivity index is 1.48. The lowest BCUT2D eigenvalue weighted by Crippen LogP contribution is -2.50. The van der Waals surface area contributed by atoms with E-state index in [4.69, 9.17) is 4.42 Å². The molecule has 1 N–H and O–H groups in total. The van der Waals surface area contributed by atoms with Gasteiger partial charge >= 0.3 is 0 Å². The summed E-state index contributed by atoms with van der Waals surface area (Å²) >= 11 is 0. The number of aryl methyl sites for hydroxylation is 2. The smallest absolute Gasteiger partial charge is 0.257 e. The number of piperazine rings is 1. The van der Waals surface area contributed by atoms with E-state index in [9.17, 15) is 9.90 Å². The van der Waals surface area contributed by atoms with Crippen molar-refractivity contribution in [1.29, 1.82) is 0 Å². The number of aliphatic hydroxyl groups excluding tert-OH is 1. The minimum absolute atomic E-state index is 0.0288. The topological polar surface area (TPSA) is 74.7 Å². The maximum absolute atomic E-state index is 12.6. The number of aromatic nitrogens is 2. The largest absolute Gasteiger partial charge is 0.466 e. The summed E-state index contributed by atoms with van der Waals surface area (Å²) in [6.45, 7) is 7.60. The normalized spacial score (nSPS) is 17.2. The molecule has 24 heavy (non-hydrogen) atoms. The first-order chi connectivity index (χ1) is 11.5. The van der Waals surface area contributed by atoms with Crippen molar-refractivity contribution in [1.82, 2.24) is 19.6 Å². The number of rotatable bonds is 5. The Morgan fingerprint density at radius 1 is 1.29 bits per heavy atom. The zero-order valence-electron chi connectivity index (χ0n) is 14.2. The summed E-state index contributed by atoms with van der Waals surface area (Å²) < 4.78 is 7.18. The molecule has 0 bridgehead atoms. The van der Waals surface area contributed by atoms with Crippen LogP contribution in [0.15, 0.2) is 28.9 Å². The Morgan fingerprint density at radius 3 is 2.62 bits per heavy atom. The fourth-order valence-corrected chi connectivity index (χ4v) is 3.13. The summed E-state index contributed by atoms with van der Waals surface area (Å²) in [4.78, 5) is 16.6. The van der Waals surface area contributed by atoms with E-state index in [1.165, 1.54) is 0 Å². The van der Waals surface area contributed by atoms with Gasteiger partial charge < -0.3 is 14.4 Å². The fraction of sp³-hybridized carbons (Fsp3) is 0.529. The monoisotopic (exact) mass is 332 g/mol. The SMILES string of the molecule is Cc1cc(C(=O)N2CCN(C[C@H](O)Cn3cccn3)CC2)c(C)o1. The van der Waals surface area contributed by atoms with Crippen molar-refractivity contribution in [2.45, 2.75) is 26.5 Å². The molecule has 3 rings (SSSR count). The number of amides is 1. The first kappa shape index (κ1) is 16.7. The molecule has 1 aliphatic heterocycles. The van der Waals surface area contributed by atoms with E-state index in [2.05, 4.69) is 10.00 Å². The molecule has 0 aromatic carbocycles. The van der Waals surface area contributed by atoms with Gasteiger partial charge in [0.15, 0.2) is 0 Å². The molecule has 2 aromatic rings. The molecule has 2 aromatic heterocycles. The quantitative estimate of drug-likeness (QED) is 0.881. The second kappa shape index (κ2) is 7.19. The molecule has 130 valence electrons. The average Bonchev–Trinajstić information content (AvgIpc) is 3.16. The van der Waals surface area contributed by atoms with Crippen molar-refractivity contribution in [2.75, 3.05) is 32.7 Å². The van der Waals surface area contributed by atoms with Crippen LogP contribution in [0.1, 0.15) is 21.9 Å². The minimum atomic E-state index is -0.467. The molecule has 1 atom stereocenters. The van der Waals surface area contributed by atoms with Gasteiger partial charge in [-0.3, -0.25) is 14.4 Å². The third-order valence-corrected chi connectivity index (χ3v) is 4.36. The van der Waals surface area contributed by atoms with Crippen molar-refractivity contribution in [3.05, 3.63) is 41.6 Å². The zero-order valence-corrected chi connectivity index (χ0v) is 14.2. The number of carbonyl (C=O) groups is 1. The van der Waals surface area contributed by atoms with Crippen LogP contribution in [0.5, 0.6) is 0 Å². The summed E-state index contributed by atoms with van der Waals surface area (Å²) in [6.07, 6.45) is 3.08. The molecule has 3 heterocycles. The Kier molecular flexibility index (Phi) is 5.01. The summed E-state index contributed by atoms with van der Waals surface area (Å²) in [7, 11) is 0. The van der Waals surface area contributed by atoms with Crippen LogP contribution in [0.25, 0.3) is 0 Å². The molecular formula is C17H24N4O3. The van der Waals surface area contributed by atoms with Crippen molar-refractivity contribution in [3.8, 4) is 0 Å². The van der Waals surface area contributed by atoms with E-state index in [-0.39, 0.29) is 5.91 Å². The Morgan fingerprint density at radius 2 is 2.04 bits per heavy atom. The van der Waals surface area contributed by atoms with Gasteiger partial charge in [-0.15, -0.1) is 0 Å². The maximum Gasteiger partial charge on any atom is 0.257 e. The van der Waals surface area contributed by atoms with Crippen LogP contribution in [0, 0.1) is 13.8 Å². The van der Waals surface area contributed by atoms with E-state index < -0.39 is 6.10 Å². The lowest BCUT2D eigenvalue weighted by atomic mass is 10.2. The molecule has 1 aliphatic rings. The average molecular weight is 332 g/mol. The van der Waals surface area contributed by atoms with E-state index in [0.717, 1.165) is 18.8 Å². The van der Waals surface area contributed by atoms with E-state index in [1.54, 1.807) is 16.9 Å². The van der Waals surface area contributed by atoms with Crippen LogP contribution < -0.4 is 0 Å². The number of β-amino-alcohol motifs (C(OH)–C–C–N with tert-alkyl or cyclic N) is 1. The third kappa shape index (κ3) is 3.85. The molecule has 7 nitrogen and oxygen atoms in total. The highest BCUT2D eigenvalue weighted by atomic mass is 16.3. The van der Waals surface area contributed by atoms with Gasteiger partial charge in [0, 0.05) is 45.1 Å². The van der Waals surface area contributed by atoms with Gasteiger partial charge in [-0.05, 0) is 26.0 Å². The van der Waals surface area contributed by atoms with Crippen molar-refractivity contribution in [2.24, 2.45) is 0 Å². The molecule has 1 saturated heterocycles. The van der Waals surface area contributed by atoms with Gasteiger partial charge in [0.2, 0.25) is 0 Å². The Hall–Kier alpha value is -2.12. The fourth-order valence-electron chi connectivity index (χ4n) is 3.13. The van der Waals surface area contributed by atoms with Gasteiger partial charge in [0.1, 0.15) is 11.5 Å². The van der Waals surface area contributed by atoms with Crippen LogP contribution >= 0.6 is 0 Å². The molecule has 1 amide bonds. The molecule has 7 heteroatoms. The van der Waals surface area contributed by atoms with E-state index >= 15 is 0 Å². The van der Waals surface area contributed by atoms with Crippen molar-refractivity contribution >= 4 is 5.91 Å². The van der Waals surface area contributed by atoms with Crippen LogP contribution in [-0.4, -0.2) is 69.4 Å². The van der Waals surface area contributed by atoms with Crippen molar-refractivity contribution < 1.29 is 14.3 Å². The summed E-state index contributed by atoms with van der Waals surface area (Å²) in [5.41, 5.74) is 0.652. The van der Waals surface area contributed by atoms with Crippen LogP contribution in [0.3, 0.4) is 0 Å². The standard InChI is InChI=1S/C17H24N4O3/c1-13-10-16(14(2)24-13)17(23)20-8-6-19(7-9-20)11-15(22)12-21-5-3-4-18-21/h3-5,10,15,22H,6-9,11-12H2,1-2H3/t15-/m0/s1. The van der Waals surface area contributed by atoms with Gasteiger partial charge in [-0.2, -0.15) is 5.10 Å². The summed E-state index contributed by atoms with van der Waals surface area (Å²) in [5, 5.41) is 14.3. The number of furan rings is 1. The molecule has 0 saturated carbocycles. The minimum Gasteiger partial charge on any atom is -0.466 e. The highest BCUT2D eigenvalue weighted by Gasteiger charge is 2.25. The molecule has 0 aliphatic carbocycles. The number of carbonyl (C=O) groups excluding carboxylic acids is 1. The molecule has 0 unspecified atom stereocenters. The van der Waals surface area contributed by atoms with Crippen LogP contribution in [-0.2, 0) is 6.54 Å². The summed E-state index contributed by atoms with van der Waals surface area (Å²) in [5.74, 6) is 1.46. The van der Waals surface area contributed by atoms with E-state index in [1.807, 2.05) is 31.0 Å². The number of hydrogen-bond donors (Lipinski definition) is 1. The highest BCUT2D eigenvalue weighted by Crippen LogP contribution is 2.17. The lowest BCUT2D eigenvalue weighted by molar-refractivity contribution is 0.0490. The summed E-state index contributed by atoms with van der Waals surface area (Å²) in [6, 6.07) is 3.65. The third-order valence-electron chi connectivity index (χ3n) is 4.36. The van der Waals surface area contributed by atoms with Gasteiger partial charge in [-0.25, -0.2) is 0 Å². The highest BCUT2D eigenvalue weighted by molar-refractivity contribution is 5.95. The molecular weight excluding hydrogens is 308 g/mol. The second-order valence-corrected chi connectivity index (χ2v) is 6.30. The van der Waals surface area contributed by atoms with Crippen molar-refractivity contribution in [3.63, 3.8) is 0 Å². The van der Waals surface area contributed by atoms with E-state index in [0.29, 0.717) is 37.5 Å². The predicted octanol–water partition coefficient (Wildman–Crippen LogP) is 0.912. The predicted molar refractivity (Wildman–Crippen MR) is 88.8 cm³/mol. The first-order valence-corrected chi connectivity index (χ1v) is 8.27. The maximum atomic E-state index is 12.6. The number of aliphatic hydroxyl groups is 1. The lowest BCUT2D eigenvalue weighted by Gasteiger charge is -2.35. The second-order valence-electron chi connectivity index (χ2n) is 6.30. The van der Waals surface area contributed by atoms with Gasteiger partial charge in [0.05, 0.1) is 18.2 Å². The molecule has 0 radical (unpaired) electrons. The van der Waals surface area contributed by atoms with Crippen LogP contribution in [0.2, 0.25) is 0 Å². The molecule has 1 fully saturated rings. The Bertz CT molecular complexity index is 672. The zero-order chi connectivity index (χ0) is 17.1. The first-order valence-electron chi connectivity index (χ1n) is 8.27. The Labute approximate surface area is 141 Å². The number of nitrogens with zero attached hydrogens (tertiary/aromatic N) is 4. The van der Waals surface area contributed by atoms with Crippen LogP contribution in [0.4, 0.5) is 0 Å².